The van der Waals surface area contributed by atoms with Crippen LogP contribution in [0.15, 0.2) is 64.9 Å². The maximum absolute atomic E-state index is 12.0. The highest BCUT2D eigenvalue weighted by Gasteiger charge is 2.12. The Morgan fingerprint density at radius 2 is 1.93 bits per heavy atom. The number of aryl methyl sites for hydroxylation is 1. The number of hydrazone groups is 1. The molecular weight excluding hydrogens is 362 g/mol. The number of rotatable bonds is 7. The SMILES string of the molecule is COc1ccc(/C=N/NC(=O)CSc2nnc(C)n2-c2ccccc2)cc1. The van der Waals surface area contributed by atoms with E-state index in [9.17, 15) is 4.79 Å². The van der Waals surface area contributed by atoms with Crippen LogP contribution in [0.4, 0.5) is 0 Å². The summed E-state index contributed by atoms with van der Waals surface area (Å²) in [6, 6.07) is 17.2. The topological polar surface area (TPSA) is 81.4 Å². The number of amides is 1. The van der Waals surface area contributed by atoms with Gasteiger partial charge in [-0.3, -0.25) is 9.36 Å². The van der Waals surface area contributed by atoms with Gasteiger partial charge in [-0.2, -0.15) is 5.10 Å². The van der Waals surface area contributed by atoms with Crippen molar-refractivity contribution < 1.29 is 9.53 Å². The molecule has 0 bridgehead atoms. The highest BCUT2D eigenvalue weighted by molar-refractivity contribution is 7.99. The minimum absolute atomic E-state index is 0.185. The van der Waals surface area contributed by atoms with Gasteiger partial charge in [-0.15, -0.1) is 10.2 Å². The van der Waals surface area contributed by atoms with Crippen molar-refractivity contribution in [1.82, 2.24) is 20.2 Å². The Kier molecular flexibility index (Phi) is 6.22. The minimum Gasteiger partial charge on any atom is -0.497 e. The zero-order valence-corrected chi connectivity index (χ0v) is 15.8. The van der Waals surface area contributed by atoms with Gasteiger partial charge in [0.2, 0.25) is 0 Å². The third-order valence-corrected chi connectivity index (χ3v) is 4.59. The van der Waals surface area contributed by atoms with Crippen LogP contribution >= 0.6 is 11.8 Å². The maximum Gasteiger partial charge on any atom is 0.250 e. The van der Waals surface area contributed by atoms with Crippen LogP contribution < -0.4 is 10.2 Å². The molecule has 138 valence electrons. The fourth-order valence-electron chi connectivity index (χ4n) is 2.34. The van der Waals surface area contributed by atoms with Crippen molar-refractivity contribution in [2.24, 2.45) is 5.10 Å². The number of carbonyl (C=O) groups is 1. The predicted octanol–water partition coefficient (Wildman–Crippen LogP) is 2.83. The second-order valence-electron chi connectivity index (χ2n) is 5.56. The van der Waals surface area contributed by atoms with Crippen LogP contribution in [0, 0.1) is 6.92 Å². The normalized spacial score (nSPS) is 10.9. The lowest BCUT2D eigenvalue weighted by atomic mass is 10.2. The van der Waals surface area contributed by atoms with E-state index in [0.29, 0.717) is 5.16 Å². The van der Waals surface area contributed by atoms with E-state index in [4.69, 9.17) is 4.74 Å². The molecule has 27 heavy (non-hydrogen) atoms. The largest absolute Gasteiger partial charge is 0.497 e. The van der Waals surface area contributed by atoms with E-state index in [-0.39, 0.29) is 11.7 Å². The molecule has 1 amide bonds. The third kappa shape index (κ3) is 4.95. The fourth-order valence-corrected chi connectivity index (χ4v) is 3.13. The van der Waals surface area contributed by atoms with E-state index in [1.165, 1.54) is 11.8 Å². The van der Waals surface area contributed by atoms with Crippen LogP contribution in [0.25, 0.3) is 5.69 Å². The van der Waals surface area contributed by atoms with Gasteiger partial charge in [-0.25, -0.2) is 5.43 Å². The number of nitrogens with zero attached hydrogens (tertiary/aromatic N) is 4. The van der Waals surface area contributed by atoms with Crippen molar-refractivity contribution in [3.8, 4) is 11.4 Å². The highest BCUT2D eigenvalue weighted by atomic mass is 32.2. The summed E-state index contributed by atoms with van der Waals surface area (Å²) in [7, 11) is 1.61. The molecule has 0 fully saturated rings. The Morgan fingerprint density at radius 3 is 2.63 bits per heavy atom. The van der Waals surface area contributed by atoms with Gasteiger partial charge in [0.15, 0.2) is 5.16 Å². The van der Waals surface area contributed by atoms with Gasteiger partial charge in [-0.1, -0.05) is 30.0 Å². The summed E-state index contributed by atoms with van der Waals surface area (Å²) in [5.74, 6) is 1.50. The number of nitrogens with one attached hydrogen (secondary N) is 1. The molecule has 8 heteroatoms. The van der Waals surface area contributed by atoms with E-state index in [0.717, 1.165) is 22.8 Å². The molecule has 7 nitrogen and oxygen atoms in total. The van der Waals surface area contributed by atoms with Crippen molar-refractivity contribution in [3.05, 3.63) is 66.0 Å². The monoisotopic (exact) mass is 381 g/mol. The summed E-state index contributed by atoms with van der Waals surface area (Å²) in [5.41, 5.74) is 4.34. The molecule has 0 spiro atoms. The zero-order chi connectivity index (χ0) is 19.1. The van der Waals surface area contributed by atoms with Crippen molar-refractivity contribution in [1.29, 1.82) is 0 Å². The number of ether oxygens (including phenoxy) is 1. The van der Waals surface area contributed by atoms with Crippen LogP contribution in [0.3, 0.4) is 0 Å². The van der Waals surface area contributed by atoms with Gasteiger partial charge >= 0.3 is 0 Å². The Morgan fingerprint density at radius 1 is 1.19 bits per heavy atom. The lowest BCUT2D eigenvalue weighted by Crippen LogP contribution is -2.20. The van der Waals surface area contributed by atoms with E-state index in [1.54, 1.807) is 13.3 Å². The summed E-state index contributed by atoms with van der Waals surface area (Å²) >= 11 is 1.31. The predicted molar refractivity (Wildman–Crippen MR) is 106 cm³/mol. The molecule has 0 saturated carbocycles. The van der Waals surface area contributed by atoms with Crippen LogP contribution in [-0.4, -0.2) is 39.7 Å². The second-order valence-corrected chi connectivity index (χ2v) is 6.50. The summed E-state index contributed by atoms with van der Waals surface area (Å²) in [6.45, 7) is 1.88. The van der Waals surface area contributed by atoms with Crippen LogP contribution in [0.1, 0.15) is 11.4 Å². The number of aromatic nitrogens is 3. The third-order valence-electron chi connectivity index (χ3n) is 3.66. The molecule has 1 heterocycles. The Balaban J connectivity index is 1.56. The molecule has 0 aliphatic heterocycles. The van der Waals surface area contributed by atoms with Gasteiger partial charge in [-0.05, 0) is 48.9 Å². The lowest BCUT2D eigenvalue weighted by molar-refractivity contribution is -0.118. The first kappa shape index (κ1) is 18.7. The molecule has 2 aromatic carbocycles. The summed E-state index contributed by atoms with van der Waals surface area (Å²) in [6.07, 6.45) is 1.58. The number of methoxy groups -OCH3 is 1. The molecular formula is C19H19N5O2S. The van der Waals surface area contributed by atoms with Crippen molar-refractivity contribution in [2.45, 2.75) is 12.1 Å². The van der Waals surface area contributed by atoms with E-state index in [2.05, 4.69) is 20.7 Å². The lowest BCUT2D eigenvalue weighted by Gasteiger charge is -2.07. The molecule has 1 aromatic heterocycles. The second kappa shape index (κ2) is 9.00. The average molecular weight is 381 g/mol. The minimum atomic E-state index is -0.218. The molecule has 3 aromatic rings. The van der Waals surface area contributed by atoms with E-state index < -0.39 is 0 Å². The van der Waals surface area contributed by atoms with Gasteiger partial charge in [0.05, 0.1) is 19.1 Å². The van der Waals surface area contributed by atoms with Gasteiger partial charge in [0, 0.05) is 5.69 Å². The number of para-hydroxylation sites is 1. The average Bonchev–Trinajstić information content (AvgIpc) is 3.08. The number of hydrogen-bond donors (Lipinski definition) is 1. The Hall–Kier alpha value is -3.13. The zero-order valence-electron chi connectivity index (χ0n) is 15.0. The van der Waals surface area contributed by atoms with E-state index >= 15 is 0 Å². The van der Waals surface area contributed by atoms with Gasteiger partial charge in [0.25, 0.3) is 5.91 Å². The number of carbonyl (C=O) groups excluding carboxylic acids is 1. The standard InChI is InChI=1S/C19H19N5O2S/c1-14-21-23-19(24(14)16-6-4-3-5-7-16)27-13-18(25)22-20-12-15-8-10-17(26-2)11-9-15/h3-12H,13H2,1-2H3,(H,22,25)/b20-12+. The van der Waals surface area contributed by atoms with Crippen LogP contribution in [0.2, 0.25) is 0 Å². The summed E-state index contributed by atoms with van der Waals surface area (Å²) in [5, 5.41) is 12.9. The van der Waals surface area contributed by atoms with Crippen molar-refractivity contribution in [3.63, 3.8) is 0 Å². The Labute approximate surface area is 161 Å². The van der Waals surface area contributed by atoms with Crippen LogP contribution in [0.5, 0.6) is 5.75 Å². The van der Waals surface area contributed by atoms with Gasteiger partial charge in [0.1, 0.15) is 11.6 Å². The van der Waals surface area contributed by atoms with Crippen LogP contribution in [-0.2, 0) is 4.79 Å². The molecule has 0 saturated heterocycles. The molecule has 0 atom stereocenters. The highest BCUT2D eigenvalue weighted by Crippen LogP contribution is 2.21. The molecule has 0 aliphatic rings. The van der Waals surface area contributed by atoms with Gasteiger partial charge < -0.3 is 4.74 Å². The quantitative estimate of drug-likeness (QED) is 0.387. The molecule has 0 radical (unpaired) electrons. The Bertz CT molecular complexity index is 923. The molecule has 3 rings (SSSR count). The molecule has 0 aliphatic carbocycles. The summed E-state index contributed by atoms with van der Waals surface area (Å²) < 4.78 is 7.01. The summed E-state index contributed by atoms with van der Waals surface area (Å²) in [4.78, 5) is 12.0. The first-order chi connectivity index (χ1) is 13.2. The number of benzene rings is 2. The maximum atomic E-state index is 12.0. The fraction of sp³-hybridized carbons (Fsp3) is 0.158. The van der Waals surface area contributed by atoms with Crippen molar-refractivity contribution >= 4 is 23.9 Å². The molecule has 0 unspecified atom stereocenters. The first-order valence-electron chi connectivity index (χ1n) is 8.23. The first-order valence-corrected chi connectivity index (χ1v) is 9.22. The van der Waals surface area contributed by atoms with Crippen molar-refractivity contribution in [2.75, 3.05) is 12.9 Å². The number of thioether (sulfide) groups is 1. The van der Waals surface area contributed by atoms with E-state index in [1.807, 2.05) is 66.1 Å². The smallest absolute Gasteiger partial charge is 0.250 e. The number of hydrogen-bond acceptors (Lipinski definition) is 6. The molecule has 1 N–H and O–H groups in total.